The van der Waals surface area contributed by atoms with E-state index in [0.717, 1.165) is 10.8 Å². The number of ether oxygens (including phenoxy) is 1. The number of aliphatic hydroxyl groups excluding tert-OH is 1. The quantitative estimate of drug-likeness (QED) is 0.871. The van der Waals surface area contributed by atoms with E-state index in [-0.39, 0.29) is 5.91 Å². The molecule has 1 aromatic carbocycles. The summed E-state index contributed by atoms with van der Waals surface area (Å²) in [7, 11) is 1.53. The predicted molar refractivity (Wildman–Crippen MR) is 76.9 cm³/mol. The fourth-order valence-electron chi connectivity index (χ4n) is 1.92. The van der Waals surface area contributed by atoms with Gasteiger partial charge in [-0.2, -0.15) is 0 Å². The summed E-state index contributed by atoms with van der Waals surface area (Å²) >= 11 is 0. The van der Waals surface area contributed by atoms with Crippen molar-refractivity contribution >= 4 is 16.7 Å². The average molecular weight is 274 g/mol. The Morgan fingerprint density at radius 3 is 2.90 bits per heavy atom. The molecule has 2 aromatic rings. The highest BCUT2D eigenvalue weighted by molar-refractivity contribution is 5.98. The van der Waals surface area contributed by atoms with E-state index in [9.17, 15) is 9.90 Å². The molecule has 0 radical (unpaired) electrons. The van der Waals surface area contributed by atoms with Crippen molar-refractivity contribution in [2.45, 2.75) is 19.4 Å². The van der Waals surface area contributed by atoms with Crippen LogP contribution in [0.2, 0.25) is 0 Å². The monoisotopic (exact) mass is 274 g/mol. The molecule has 20 heavy (non-hydrogen) atoms. The number of rotatable bonds is 5. The Labute approximate surface area is 117 Å². The van der Waals surface area contributed by atoms with Gasteiger partial charge in [-0.25, -0.2) is 4.98 Å². The smallest absolute Gasteiger partial charge is 0.270 e. The number of aromatic nitrogens is 1. The third-order valence-corrected chi connectivity index (χ3v) is 2.98. The van der Waals surface area contributed by atoms with Gasteiger partial charge in [0, 0.05) is 11.9 Å². The lowest BCUT2D eigenvalue weighted by Gasteiger charge is -2.09. The molecule has 5 nitrogen and oxygen atoms in total. The Morgan fingerprint density at radius 1 is 1.45 bits per heavy atom. The van der Waals surface area contributed by atoms with Crippen LogP contribution in [-0.2, 0) is 0 Å². The van der Waals surface area contributed by atoms with Gasteiger partial charge in [-0.3, -0.25) is 4.79 Å². The lowest BCUT2D eigenvalue weighted by Crippen LogP contribution is -2.27. The number of hydrogen-bond acceptors (Lipinski definition) is 4. The van der Waals surface area contributed by atoms with Gasteiger partial charge < -0.3 is 15.2 Å². The second-order valence-electron chi connectivity index (χ2n) is 4.63. The van der Waals surface area contributed by atoms with Crippen molar-refractivity contribution in [3.05, 3.63) is 36.0 Å². The molecule has 5 heteroatoms. The van der Waals surface area contributed by atoms with Gasteiger partial charge in [0.1, 0.15) is 5.69 Å². The van der Waals surface area contributed by atoms with Gasteiger partial charge in [-0.1, -0.05) is 18.2 Å². The lowest BCUT2D eigenvalue weighted by molar-refractivity contribution is 0.0940. The van der Waals surface area contributed by atoms with Crippen LogP contribution in [0.4, 0.5) is 0 Å². The minimum atomic E-state index is -0.436. The zero-order valence-corrected chi connectivity index (χ0v) is 11.6. The fraction of sp³-hybridized carbons (Fsp3) is 0.333. The molecule has 0 spiro atoms. The van der Waals surface area contributed by atoms with Crippen LogP contribution in [-0.4, -0.2) is 35.8 Å². The number of carbonyl (C=O) groups excluding carboxylic acids is 1. The van der Waals surface area contributed by atoms with Gasteiger partial charge >= 0.3 is 0 Å². The summed E-state index contributed by atoms with van der Waals surface area (Å²) in [5.74, 6) is 0.165. The number of aliphatic hydroxyl groups is 1. The fourth-order valence-corrected chi connectivity index (χ4v) is 1.92. The highest BCUT2D eigenvalue weighted by Crippen LogP contribution is 2.23. The van der Waals surface area contributed by atoms with E-state index < -0.39 is 6.10 Å². The zero-order valence-electron chi connectivity index (χ0n) is 11.6. The highest BCUT2D eigenvalue weighted by atomic mass is 16.5. The molecule has 1 atom stereocenters. The first kappa shape index (κ1) is 14.3. The van der Waals surface area contributed by atoms with Crippen molar-refractivity contribution in [3.63, 3.8) is 0 Å². The molecule has 1 unspecified atom stereocenters. The first-order valence-corrected chi connectivity index (χ1v) is 6.52. The molecule has 0 saturated carbocycles. The van der Waals surface area contributed by atoms with Gasteiger partial charge in [0.15, 0.2) is 0 Å². The van der Waals surface area contributed by atoms with E-state index >= 15 is 0 Å². The van der Waals surface area contributed by atoms with Crippen molar-refractivity contribution in [1.29, 1.82) is 0 Å². The van der Waals surface area contributed by atoms with Crippen LogP contribution in [0.5, 0.6) is 5.88 Å². The van der Waals surface area contributed by atoms with Crippen LogP contribution in [0.25, 0.3) is 10.8 Å². The molecule has 0 aliphatic heterocycles. The number of carbonyl (C=O) groups is 1. The van der Waals surface area contributed by atoms with E-state index in [2.05, 4.69) is 10.3 Å². The summed E-state index contributed by atoms with van der Waals surface area (Å²) in [5, 5.41) is 13.7. The number of methoxy groups -OCH3 is 1. The second kappa shape index (κ2) is 6.34. The zero-order chi connectivity index (χ0) is 14.5. The van der Waals surface area contributed by atoms with Gasteiger partial charge in [0.2, 0.25) is 5.88 Å². The van der Waals surface area contributed by atoms with Crippen LogP contribution < -0.4 is 10.1 Å². The molecule has 0 aliphatic rings. The van der Waals surface area contributed by atoms with Crippen molar-refractivity contribution in [2.24, 2.45) is 0 Å². The van der Waals surface area contributed by atoms with Crippen molar-refractivity contribution in [3.8, 4) is 5.88 Å². The molecule has 0 saturated heterocycles. The Hall–Kier alpha value is -2.14. The van der Waals surface area contributed by atoms with E-state index in [4.69, 9.17) is 4.74 Å². The van der Waals surface area contributed by atoms with Gasteiger partial charge in [-0.15, -0.1) is 0 Å². The SMILES string of the molecule is COc1nc(C(=O)NCCC(C)O)cc2ccccc12. The van der Waals surface area contributed by atoms with Crippen LogP contribution in [0, 0.1) is 0 Å². The first-order chi connectivity index (χ1) is 9.61. The van der Waals surface area contributed by atoms with Crippen LogP contribution in [0.15, 0.2) is 30.3 Å². The average Bonchev–Trinajstić information content (AvgIpc) is 2.45. The minimum Gasteiger partial charge on any atom is -0.481 e. The third kappa shape index (κ3) is 3.24. The van der Waals surface area contributed by atoms with E-state index in [1.165, 1.54) is 7.11 Å². The molecule has 0 fully saturated rings. The topological polar surface area (TPSA) is 71.5 Å². The van der Waals surface area contributed by atoms with Crippen molar-refractivity contribution < 1.29 is 14.6 Å². The predicted octanol–water partition coefficient (Wildman–Crippen LogP) is 1.74. The van der Waals surface area contributed by atoms with Gasteiger partial charge in [0.05, 0.1) is 13.2 Å². The third-order valence-electron chi connectivity index (χ3n) is 2.98. The summed E-state index contributed by atoms with van der Waals surface area (Å²) < 4.78 is 5.23. The summed E-state index contributed by atoms with van der Waals surface area (Å²) in [6, 6.07) is 9.34. The molecule has 106 valence electrons. The second-order valence-corrected chi connectivity index (χ2v) is 4.63. The number of fused-ring (bicyclic) bond motifs is 1. The Bertz CT molecular complexity index is 611. The molecule has 0 bridgehead atoms. The van der Waals surface area contributed by atoms with Crippen molar-refractivity contribution in [1.82, 2.24) is 10.3 Å². The molecule has 2 N–H and O–H groups in total. The van der Waals surface area contributed by atoms with E-state index in [1.807, 2.05) is 24.3 Å². The summed E-state index contributed by atoms with van der Waals surface area (Å²) in [6.45, 7) is 2.09. The Morgan fingerprint density at radius 2 is 2.20 bits per heavy atom. The molecular formula is C15H18N2O3. The standard InChI is InChI=1S/C15H18N2O3/c1-10(18)7-8-16-14(19)13-9-11-5-3-4-6-12(11)15(17-13)20-2/h3-6,9-10,18H,7-8H2,1-2H3,(H,16,19). The van der Waals surface area contributed by atoms with Crippen molar-refractivity contribution in [2.75, 3.05) is 13.7 Å². The lowest BCUT2D eigenvalue weighted by atomic mass is 10.1. The number of hydrogen-bond donors (Lipinski definition) is 2. The maximum Gasteiger partial charge on any atom is 0.270 e. The largest absolute Gasteiger partial charge is 0.481 e. The van der Waals surface area contributed by atoms with Crippen LogP contribution >= 0.6 is 0 Å². The maximum atomic E-state index is 12.0. The summed E-state index contributed by atoms with van der Waals surface area (Å²) in [5.41, 5.74) is 0.311. The molecule has 0 aliphatic carbocycles. The molecule has 1 amide bonds. The van der Waals surface area contributed by atoms with Crippen LogP contribution in [0.1, 0.15) is 23.8 Å². The number of nitrogens with one attached hydrogen (secondary N) is 1. The summed E-state index contributed by atoms with van der Waals surface area (Å²) in [4.78, 5) is 16.2. The molecular weight excluding hydrogens is 256 g/mol. The normalized spacial score (nSPS) is 12.2. The Balaban J connectivity index is 2.23. The number of amides is 1. The number of benzene rings is 1. The summed E-state index contributed by atoms with van der Waals surface area (Å²) in [6.07, 6.45) is 0.0746. The van der Waals surface area contributed by atoms with Crippen LogP contribution in [0.3, 0.4) is 0 Å². The molecule has 1 aromatic heterocycles. The van der Waals surface area contributed by atoms with E-state index in [0.29, 0.717) is 24.5 Å². The Kier molecular flexibility index (Phi) is 4.53. The van der Waals surface area contributed by atoms with E-state index in [1.54, 1.807) is 13.0 Å². The minimum absolute atomic E-state index is 0.269. The number of nitrogens with zero attached hydrogens (tertiary/aromatic N) is 1. The highest BCUT2D eigenvalue weighted by Gasteiger charge is 2.12. The first-order valence-electron chi connectivity index (χ1n) is 6.52. The van der Waals surface area contributed by atoms with Gasteiger partial charge in [0.25, 0.3) is 5.91 Å². The maximum absolute atomic E-state index is 12.0. The molecule has 2 rings (SSSR count). The van der Waals surface area contributed by atoms with Gasteiger partial charge in [-0.05, 0) is 30.9 Å². The molecule has 1 heterocycles. The number of pyridine rings is 1.